The first-order valence-corrected chi connectivity index (χ1v) is 7.62. The summed E-state index contributed by atoms with van der Waals surface area (Å²) in [6.07, 6.45) is 0. The van der Waals surface area contributed by atoms with Crippen molar-refractivity contribution in [1.29, 1.82) is 0 Å². The van der Waals surface area contributed by atoms with E-state index in [9.17, 15) is 4.21 Å². The number of ether oxygens (including phenoxy) is 2. The minimum atomic E-state index is -1.97. The molecule has 0 aliphatic heterocycles. The number of benzene rings is 2. The minimum Gasteiger partial charge on any atom is -0.488 e. The van der Waals surface area contributed by atoms with Gasteiger partial charge in [0.1, 0.15) is 22.8 Å². The molecule has 0 aliphatic rings. The van der Waals surface area contributed by atoms with Crippen molar-refractivity contribution in [1.82, 2.24) is 0 Å². The van der Waals surface area contributed by atoms with Crippen molar-refractivity contribution < 1.29 is 18.2 Å². The van der Waals surface area contributed by atoms with E-state index in [4.69, 9.17) is 14.0 Å². The molecule has 0 aliphatic carbocycles. The van der Waals surface area contributed by atoms with Crippen LogP contribution in [0.15, 0.2) is 53.4 Å². The average molecular weight is 306 g/mol. The summed E-state index contributed by atoms with van der Waals surface area (Å²) in [6.45, 7) is 5.97. The molecule has 0 amide bonds. The van der Waals surface area contributed by atoms with Crippen LogP contribution in [0, 0.1) is 0 Å². The van der Waals surface area contributed by atoms with Crippen LogP contribution in [0.3, 0.4) is 0 Å². The molecule has 5 heteroatoms. The topological polar surface area (TPSA) is 55.8 Å². The Kier molecular flexibility index (Phi) is 4.65. The molecule has 1 unspecified atom stereocenters. The Balaban J connectivity index is 2.04. The second kappa shape index (κ2) is 6.28. The molecule has 112 valence electrons. The van der Waals surface area contributed by atoms with Crippen molar-refractivity contribution >= 4 is 11.1 Å². The van der Waals surface area contributed by atoms with Crippen LogP contribution >= 0.6 is 0 Å². The smallest absolute Gasteiger partial charge is 0.186 e. The van der Waals surface area contributed by atoms with Crippen LogP contribution in [0.4, 0.5) is 0 Å². The summed E-state index contributed by atoms with van der Waals surface area (Å²) < 4.78 is 31.2. The molecule has 1 atom stereocenters. The van der Waals surface area contributed by atoms with Gasteiger partial charge in [-0.05, 0) is 69.3 Å². The largest absolute Gasteiger partial charge is 0.488 e. The molecule has 21 heavy (non-hydrogen) atoms. The van der Waals surface area contributed by atoms with Crippen LogP contribution in [0.25, 0.3) is 0 Å². The Hall–Kier alpha value is -1.85. The molecule has 2 rings (SSSR count). The Labute approximate surface area is 127 Å². The first kappa shape index (κ1) is 15.5. The molecule has 0 radical (unpaired) electrons. The van der Waals surface area contributed by atoms with Gasteiger partial charge in [0.25, 0.3) is 0 Å². The molecule has 2 aromatic carbocycles. The first-order chi connectivity index (χ1) is 9.83. The van der Waals surface area contributed by atoms with E-state index < -0.39 is 11.1 Å². The Bertz CT molecular complexity index is 612. The van der Waals surface area contributed by atoms with E-state index in [0.717, 1.165) is 5.75 Å². The monoisotopic (exact) mass is 306 g/mol. The molecular formula is C16H18O4S. The number of hydrogen-bond acceptors (Lipinski definition) is 3. The Morgan fingerprint density at radius 1 is 0.857 bits per heavy atom. The van der Waals surface area contributed by atoms with Gasteiger partial charge >= 0.3 is 0 Å². The Morgan fingerprint density at radius 3 is 1.71 bits per heavy atom. The van der Waals surface area contributed by atoms with E-state index in [1.54, 1.807) is 24.3 Å². The summed E-state index contributed by atoms with van der Waals surface area (Å²) >= 11 is -1.97. The highest BCUT2D eigenvalue weighted by atomic mass is 32.2. The zero-order chi connectivity index (χ0) is 15.5. The molecule has 2 aromatic rings. The molecule has 0 aromatic heterocycles. The summed E-state index contributed by atoms with van der Waals surface area (Å²) in [4.78, 5) is 0.344. The third-order valence-corrected chi connectivity index (χ3v) is 3.18. The molecule has 0 heterocycles. The maximum Gasteiger partial charge on any atom is 0.186 e. The lowest BCUT2D eigenvalue weighted by Crippen LogP contribution is -2.22. The predicted octanol–water partition coefficient (Wildman–Crippen LogP) is 4.24. The van der Waals surface area contributed by atoms with Crippen molar-refractivity contribution in [3.05, 3.63) is 48.5 Å². The van der Waals surface area contributed by atoms with Gasteiger partial charge in [-0.3, -0.25) is 0 Å². The van der Waals surface area contributed by atoms with Crippen molar-refractivity contribution in [3.63, 3.8) is 0 Å². The molecule has 0 saturated carbocycles. The molecule has 4 nitrogen and oxygen atoms in total. The molecule has 0 bridgehead atoms. The van der Waals surface area contributed by atoms with Gasteiger partial charge in [-0.2, -0.15) is 0 Å². The highest BCUT2D eigenvalue weighted by Crippen LogP contribution is 2.26. The summed E-state index contributed by atoms with van der Waals surface area (Å²) in [5.41, 5.74) is -0.238. The fraction of sp³-hybridized carbons (Fsp3) is 0.250. The van der Waals surface area contributed by atoms with Gasteiger partial charge < -0.3 is 14.0 Å². The van der Waals surface area contributed by atoms with Crippen LogP contribution in [0.5, 0.6) is 17.2 Å². The normalized spacial score (nSPS) is 12.8. The van der Waals surface area contributed by atoms with Crippen molar-refractivity contribution in [2.24, 2.45) is 0 Å². The van der Waals surface area contributed by atoms with Gasteiger partial charge in [0, 0.05) is 0 Å². The van der Waals surface area contributed by atoms with Gasteiger partial charge in [-0.15, -0.1) is 0 Å². The average Bonchev–Trinajstić information content (AvgIpc) is 2.40. The highest BCUT2D eigenvalue weighted by Gasteiger charge is 2.11. The molecule has 0 fully saturated rings. The van der Waals surface area contributed by atoms with Crippen LogP contribution in [0.2, 0.25) is 0 Å². The summed E-state index contributed by atoms with van der Waals surface area (Å²) in [5.74, 6) is 2.06. The fourth-order valence-electron chi connectivity index (χ4n) is 1.69. The van der Waals surface area contributed by atoms with Gasteiger partial charge in [-0.1, -0.05) is 0 Å². The minimum absolute atomic E-state index is 0.238. The quantitative estimate of drug-likeness (QED) is 0.859. The maximum absolute atomic E-state index is 10.9. The van der Waals surface area contributed by atoms with E-state index in [0.29, 0.717) is 16.4 Å². The Morgan fingerprint density at radius 2 is 1.29 bits per heavy atom. The summed E-state index contributed by atoms with van der Waals surface area (Å²) in [7, 11) is 0. The molecule has 1 N–H and O–H groups in total. The van der Waals surface area contributed by atoms with E-state index >= 15 is 0 Å². The zero-order valence-electron chi connectivity index (χ0n) is 12.2. The first-order valence-electron chi connectivity index (χ1n) is 6.51. The molecule has 0 saturated heterocycles. The summed E-state index contributed by atoms with van der Waals surface area (Å²) in [5, 5.41) is 0. The standard InChI is InChI=1S/C16H18O4S/c1-16(2,3)20-14-6-4-12(5-7-14)19-13-8-10-15(11-9-13)21(17)18/h4-11H,1-3H3,(H,17,18). The second-order valence-electron chi connectivity index (χ2n) is 5.51. The zero-order valence-corrected chi connectivity index (χ0v) is 13.0. The third-order valence-electron chi connectivity index (χ3n) is 2.51. The van der Waals surface area contributed by atoms with E-state index in [2.05, 4.69) is 0 Å². The van der Waals surface area contributed by atoms with Gasteiger partial charge in [0.05, 0.1) is 4.90 Å². The number of rotatable bonds is 4. The van der Waals surface area contributed by atoms with Crippen LogP contribution in [-0.4, -0.2) is 14.4 Å². The van der Waals surface area contributed by atoms with E-state index in [1.807, 2.05) is 45.0 Å². The highest BCUT2D eigenvalue weighted by molar-refractivity contribution is 7.79. The van der Waals surface area contributed by atoms with Gasteiger partial charge in [0.2, 0.25) is 0 Å². The lowest BCUT2D eigenvalue weighted by molar-refractivity contribution is 0.131. The molecule has 0 spiro atoms. The van der Waals surface area contributed by atoms with Crippen molar-refractivity contribution in [2.45, 2.75) is 31.3 Å². The molecular weight excluding hydrogens is 288 g/mol. The van der Waals surface area contributed by atoms with Crippen LogP contribution in [-0.2, 0) is 11.1 Å². The fourth-order valence-corrected chi connectivity index (χ4v) is 2.06. The van der Waals surface area contributed by atoms with Crippen molar-refractivity contribution in [3.8, 4) is 17.2 Å². The van der Waals surface area contributed by atoms with Crippen molar-refractivity contribution in [2.75, 3.05) is 0 Å². The van der Waals surface area contributed by atoms with Crippen LogP contribution in [0.1, 0.15) is 20.8 Å². The van der Waals surface area contributed by atoms with E-state index in [1.165, 1.54) is 0 Å². The summed E-state index contributed by atoms with van der Waals surface area (Å²) in [6, 6.07) is 13.8. The SMILES string of the molecule is CC(C)(C)Oc1ccc(Oc2ccc(S(=O)O)cc2)cc1. The van der Waals surface area contributed by atoms with Gasteiger partial charge in [0.15, 0.2) is 11.1 Å². The third kappa shape index (κ3) is 4.88. The lowest BCUT2D eigenvalue weighted by atomic mass is 10.2. The second-order valence-corrected chi connectivity index (χ2v) is 6.48. The number of hydrogen-bond donors (Lipinski definition) is 1. The van der Waals surface area contributed by atoms with E-state index in [-0.39, 0.29) is 5.60 Å². The predicted molar refractivity (Wildman–Crippen MR) is 82.4 cm³/mol. The van der Waals surface area contributed by atoms with Crippen LogP contribution < -0.4 is 9.47 Å². The maximum atomic E-state index is 10.9. The lowest BCUT2D eigenvalue weighted by Gasteiger charge is -2.21. The van der Waals surface area contributed by atoms with Gasteiger partial charge in [-0.25, -0.2) is 4.21 Å².